The summed E-state index contributed by atoms with van der Waals surface area (Å²) in [7, 11) is 2.85. The number of esters is 1. The molecule has 2 N–H and O–H groups in total. The fourth-order valence-corrected chi connectivity index (χ4v) is 5.16. The van der Waals surface area contributed by atoms with Gasteiger partial charge in [-0.05, 0) is 35.9 Å². The summed E-state index contributed by atoms with van der Waals surface area (Å²) in [5, 5.41) is 7.40. The molecule has 3 amide bonds. The molecule has 2 atom stereocenters. The van der Waals surface area contributed by atoms with E-state index in [-0.39, 0.29) is 63.1 Å². The number of aromatic nitrogens is 1. The van der Waals surface area contributed by atoms with Gasteiger partial charge in [0.05, 0.1) is 18.2 Å². The average molecular weight is 644 g/mol. The molecule has 3 aromatic rings. The molecule has 1 aromatic heterocycles. The molecule has 4 rings (SSSR count). The van der Waals surface area contributed by atoms with E-state index in [0.29, 0.717) is 24.5 Å². The molecule has 11 nitrogen and oxygen atoms in total. The number of amides is 3. The van der Waals surface area contributed by atoms with Crippen LogP contribution in [0.3, 0.4) is 0 Å². The lowest BCUT2D eigenvalue weighted by atomic mass is 10.1. The average Bonchev–Trinajstić information content (AvgIpc) is 3.04. The van der Waals surface area contributed by atoms with E-state index in [1.165, 1.54) is 24.1 Å². The minimum Gasteiger partial charge on any atom is -0.468 e. The highest BCUT2D eigenvalue weighted by atomic mass is 35.5. The molecule has 1 fully saturated rings. The molecule has 0 aliphatic carbocycles. The fraction of sp³-hybridized carbons (Fsp3) is 0.406. The Bertz CT molecular complexity index is 1510. The zero-order valence-corrected chi connectivity index (χ0v) is 25.3. The molecule has 242 valence electrons. The first-order valence-corrected chi connectivity index (χ1v) is 14.6. The minimum atomic E-state index is -0.764. The largest absolute Gasteiger partial charge is 0.468 e. The van der Waals surface area contributed by atoms with Gasteiger partial charge in [-0.25, -0.2) is 14.2 Å². The Morgan fingerprint density at radius 1 is 1.16 bits per heavy atom. The Labute approximate surface area is 267 Å². The number of carbonyl (C=O) groups is 4. The van der Waals surface area contributed by atoms with Crippen LogP contribution in [0.4, 0.5) is 15.0 Å². The number of halogens is 2. The maximum absolute atomic E-state index is 13.9. The maximum atomic E-state index is 13.9. The van der Waals surface area contributed by atoms with Gasteiger partial charge in [0.1, 0.15) is 24.3 Å². The first-order chi connectivity index (χ1) is 21.2. The molecule has 0 bridgehead atoms. The van der Waals surface area contributed by atoms with Crippen LogP contribution in [0.2, 0.25) is 5.02 Å². The number of benzene rings is 2. The number of hydrogen-bond donors (Lipinski definition) is 2. The van der Waals surface area contributed by atoms with Crippen LogP contribution in [-0.4, -0.2) is 91.1 Å². The van der Waals surface area contributed by atoms with E-state index in [0.717, 1.165) is 10.8 Å². The first kappa shape index (κ1) is 35.2. The predicted molar refractivity (Wildman–Crippen MR) is 169 cm³/mol. The van der Waals surface area contributed by atoms with Gasteiger partial charge in [0.25, 0.3) is 0 Å². The zero-order chi connectivity index (χ0) is 31.6. The Balaban J connectivity index is 0.00000552. The second kappa shape index (κ2) is 16.7. The van der Waals surface area contributed by atoms with Gasteiger partial charge in [-0.15, -0.1) is 0 Å². The smallest absolute Gasteiger partial charge is 0.412 e. The Hall–Kier alpha value is -4.29. The summed E-state index contributed by atoms with van der Waals surface area (Å²) in [5.41, 5.74) is 0.498. The van der Waals surface area contributed by atoms with Crippen LogP contribution in [0.5, 0.6) is 0 Å². The number of nitrogens with zero attached hydrogens (tertiary/aromatic N) is 3. The number of fused-ring (bicyclic) bond motifs is 1. The second-order valence-corrected chi connectivity index (χ2v) is 10.8. The number of anilines is 1. The van der Waals surface area contributed by atoms with Crippen molar-refractivity contribution in [1.82, 2.24) is 20.1 Å². The van der Waals surface area contributed by atoms with E-state index >= 15 is 0 Å². The van der Waals surface area contributed by atoms with E-state index < -0.39 is 30.0 Å². The summed E-state index contributed by atoms with van der Waals surface area (Å²) in [4.78, 5) is 58.1. The van der Waals surface area contributed by atoms with Crippen LogP contribution in [0.1, 0.15) is 32.3 Å². The molecule has 2 heterocycles. The molecule has 1 unspecified atom stereocenters. The lowest BCUT2D eigenvalue weighted by Crippen LogP contribution is -2.56. The van der Waals surface area contributed by atoms with E-state index in [9.17, 15) is 23.6 Å². The molecule has 0 saturated carbocycles. The van der Waals surface area contributed by atoms with E-state index in [4.69, 9.17) is 21.1 Å². The molecule has 0 spiro atoms. The topological polar surface area (TPSA) is 130 Å². The van der Waals surface area contributed by atoms with Crippen molar-refractivity contribution < 1.29 is 33.0 Å². The summed E-state index contributed by atoms with van der Waals surface area (Å²) < 4.78 is 24.1. The first-order valence-electron chi connectivity index (χ1n) is 14.2. The van der Waals surface area contributed by atoms with Crippen molar-refractivity contribution in [3.8, 4) is 0 Å². The third-order valence-electron chi connectivity index (χ3n) is 7.55. The number of carbonyl (C=O) groups excluding carboxylic acids is 4. The van der Waals surface area contributed by atoms with Crippen molar-refractivity contribution in [2.45, 2.75) is 45.2 Å². The lowest BCUT2D eigenvalue weighted by Gasteiger charge is -2.33. The molecular formula is C32H39ClFN5O6. The summed E-state index contributed by atoms with van der Waals surface area (Å²) in [6.07, 6.45) is 1.34. The van der Waals surface area contributed by atoms with Crippen molar-refractivity contribution in [1.29, 1.82) is 0 Å². The highest BCUT2D eigenvalue weighted by Gasteiger charge is 2.30. The van der Waals surface area contributed by atoms with Gasteiger partial charge in [-0.3, -0.25) is 19.7 Å². The standard InChI is InChI=1S/C31H35ClFN5O6.CH4/c1-37(27(39)12-10-20-8-5-9-24(33)29(20)32)23(11-13-28(40)38-15-14-34-25(18-38)30(41)43-2)19-44-31(42)36-26-16-21-6-3-4-7-22(21)17-35-26;/h3-9,16-17,23,25,34H,10-15,18-19H2,1-2H3,(H,35,36,42);1H4/t23-,25?;/m0./s1. The highest BCUT2D eigenvalue weighted by Crippen LogP contribution is 2.22. The summed E-state index contributed by atoms with van der Waals surface area (Å²) in [5.74, 6) is -1.22. The summed E-state index contributed by atoms with van der Waals surface area (Å²) in [6.45, 7) is 0.818. The van der Waals surface area contributed by atoms with Crippen LogP contribution in [-0.2, 0) is 30.3 Å². The monoisotopic (exact) mass is 643 g/mol. The number of pyridine rings is 1. The van der Waals surface area contributed by atoms with Gasteiger partial charge in [0.2, 0.25) is 11.8 Å². The molecule has 13 heteroatoms. The van der Waals surface area contributed by atoms with E-state index in [1.54, 1.807) is 30.3 Å². The third kappa shape index (κ3) is 9.60. The molecule has 1 saturated heterocycles. The SMILES string of the molecule is C.COC(=O)C1CN(C(=O)CC[C@@H](COC(=O)Nc2cc3ccccc3cn2)N(C)C(=O)CCc2cccc(F)c2Cl)CCN1. The normalized spacial score (nSPS) is 15.0. The van der Waals surface area contributed by atoms with Crippen LogP contribution < -0.4 is 10.6 Å². The number of ether oxygens (including phenoxy) is 2. The number of aryl methyl sites for hydroxylation is 1. The Morgan fingerprint density at radius 3 is 2.67 bits per heavy atom. The maximum Gasteiger partial charge on any atom is 0.412 e. The van der Waals surface area contributed by atoms with Gasteiger partial charge < -0.3 is 24.6 Å². The van der Waals surface area contributed by atoms with Crippen LogP contribution in [0, 0.1) is 5.82 Å². The number of nitrogens with one attached hydrogen (secondary N) is 2. The van der Waals surface area contributed by atoms with E-state index in [1.807, 2.05) is 24.3 Å². The number of methoxy groups -OCH3 is 1. The number of rotatable bonds is 11. The van der Waals surface area contributed by atoms with Crippen molar-refractivity contribution in [3.05, 3.63) is 71.1 Å². The Morgan fingerprint density at radius 2 is 1.91 bits per heavy atom. The van der Waals surface area contributed by atoms with E-state index in [2.05, 4.69) is 15.6 Å². The van der Waals surface area contributed by atoms with Crippen LogP contribution in [0.25, 0.3) is 10.8 Å². The number of likely N-dealkylation sites (N-methyl/N-ethyl adjacent to an activating group) is 1. The Kier molecular flexibility index (Phi) is 13.1. The van der Waals surface area contributed by atoms with Crippen LogP contribution >= 0.6 is 11.6 Å². The lowest BCUT2D eigenvalue weighted by molar-refractivity contribution is -0.146. The quantitative estimate of drug-likeness (QED) is 0.294. The van der Waals surface area contributed by atoms with Crippen molar-refractivity contribution in [2.24, 2.45) is 0 Å². The molecule has 1 aliphatic heterocycles. The zero-order valence-electron chi connectivity index (χ0n) is 24.6. The molecular weight excluding hydrogens is 605 g/mol. The third-order valence-corrected chi connectivity index (χ3v) is 7.98. The predicted octanol–water partition coefficient (Wildman–Crippen LogP) is 4.43. The van der Waals surface area contributed by atoms with Crippen molar-refractivity contribution >= 4 is 52.1 Å². The van der Waals surface area contributed by atoms with Gasteiger partial charge in [-0.1, -0.05) is 55.4 Å². The van der Waals surface area contributed by atoms with Gasteiger partial charge in [-0.2, -0.15) is 0 Å². The fourth-order valence-electron chi connectivity index (χ4n) is 4.94. The summed E-state index contributed by atoms with van der Waals surface area (Å²) in [6, 6.07) is 12.4. The van der Waals surface area contributed by atoms with Gasteiger partial charge in [0, 0.05) is 51.1 Å². The highest BCUT2D eigenvalue weighted by molar-refractivity contribution is 6.31. The van der Waals surface area contributed by atoms with Crippen molar-refractivity contribution in [2.75, 3.05) is 45.7 Å². The summed E-state index contributed by atoms with van der Waals surface area (Å²) >= 11 is 6.05. The van der Waals surface area contributed by atoms with Crippen molar-refractivity contribution in [3.63, 3.8) is 0 Å². The molecule has 45 heavy (non-hydrogen) atoms. The molecule has 2 aromatic carbocycles. The van der Waals surface area contributed by atoms with Gasteiger partial charge in [0.15, 0.2) is 0 Å². The minimum absolute atomic E-state index is 0. The van der Waals surface area contributed by atoms with Crippen LogP contribution in [0.15, 0.2) is 54.7 Å². The number of hydrogen-bond acceptors (Lipinski definition) is 8. The molecule has 1 aliphatic rings. The number of piperazine rings is 1. The van der Waals surface area contributed by atoms with Gasteiger partial charge >= 0.3 is 12.1 Å². The second-order valence-electron chi connectivity index (χ2n) is 10.4. The molecule has 0 radical (unpaired) electrons.